The van der Waals surface area contributed by atoms with Crippen LogP contribution in [0.5, 0.6) is 5.75 Å². The summed E-state index contributed by atoms with van der Waals surface area (Å²) in [7, 11) is 0. The molecule has 3 aliphatic rings. The highest BCUT2D eigenvalue weighted by Gasteiger charge is 2.38. The molecular weight excluding hydrogens is 574 g/mol. The molecule has 3 fully saturated rings. The first-order valence-electron chi connectivity index (χ1n) is 15.7. The topological polar surface area (TPSA) is 135 Å². The van der Waals surface area contributed by atoms with Crippen LogP contribution in [0.4, 0.5) is 10.5 Å². The Morgan fingerprint density at radius 1 is 0.978 bits per heavy atom. The first-order valence-corrected chi connectivity index (χ1v) is 15.7. The number of benzene rings is 1. The van der Waals surface area contributed by atoms with Gasteiger partial charge in [-0.05, 0) is 50.7 Å². The molecule has 12 nitrogen and oxygen atoms in total. The van der Waals surface area contributed by atoms with E-state index in [1.54, 1.807) is 37.3 Å². The fourth-order valence-electron chi connectivity index (χ4n) is 6.28. The molecule has 45 heavy (non-hydrogen) atoms. The summed E-state index contributed by atoms with van der Waals surface area (Å²) in [6.07, 6.45) is 9.90. The van der Waals surface area contributed by atoms with Gasteiger partial charge in [0.1, 0.15) is 5.75 Å². The number of hydrogen-bond acceptors (Lipinski definition) is 7. The van der Waals surface area contributed by atoms with Gasteiger partial charge in [0.15, 0.2) is 5.60 Å². The number of piperidine rings is 1. The minimum atomic E-state index is -1.16. The van der Waals surface area contributed by atoms with E-state index in [1.165, 1.54) is 4.90 Å². The molecule has 0 spiro atoms. The van der Waals surface area contributed by atoms with Gasteiger partial charge in [0, 0.05) is 69.7 Å². The molecular formula is C33H41N7O5. The zero-order valence-corrected chi connectivity index (χ0v) is 25.9. The van der Waals surface area contributed by atoms with Gasteiger partial charge in [0.05, 0.1) is 30.2 Å². The summed E-state index contributed by atoms with van der Waals surface area (Å²) >= 11 is 0. The number of carboxylic acid groups (broad SMARTS) is 1. The van der Waals surface area contributed by atoms with E-state index in [1.807, 2.05) is 12.3 Å². The number of aromatic amines is 1. The molecule has 1 aliphatic carbocycles. The average Bonchev–Trinajstić information content (AvgIpc) is 3.75. The number of carbonyl (C=O) groups is 3. The molecule has 1 saturated carbocycles. The van der Waals surface area contributed by atoms with Gasteiger partial charge < -0.3 is 29.4 Å². The number of ether oxygens (including phenoxy) is 1. The summed E-state index contributed by atoms with van der Waals surface area (Å²) in [5, 5.41) is 16.1. The van der Waals surface area contributed by atoms with Crippen molar-refractivity contribution in [1.29, 1.82) is 0 Å². The summed E-state index contributed by atoms with van der Waals surface area (Å²) in [5.41, 5.74) is 2.94. The summed E-state index contributed by atoms with van der Waals surface area (Å²) in [4.78, 5) is 50.1. The third kappa shape index (κ3) is 7.05. The van der Waals surface area contributed by atoms with E-state index in [9.17, 15) is 19.5 Å². The lowest BCUT2D eigenvalue weighted by atomic mass is 9.95. The highest BCUT2D eigenvalue weighted by Crippen LogP contribution is 2.33. The minimum Gasteiger partial charge on any atom is -0.476 e. The second-order valence-electron chi connectivity index (χ2n) is 12.7. The second-order valence-corrected chi connectivity index (χ2v) is 12.7. The Morgan fingerprint density at radius 3 is 2.38 bits per heavy atom. The van der Waals surface area contributed by atoms with E-state index in [2.05, 4.69) is 49.2 Å². The first-order chi connectivity index (χ1) is 21.7. The molecule has 3 amide bonds. The molecule has 12 heteroatoms. The minimum absolute atomic E-state index is 0.114. The number of anilines is 1. The SMILES string of the molecule is CC(C)(Oc1cncc(N2CCCC(C(=O)N(Cc3ccc(-c4cn[nH]c4)cc3)C3CC3)C2)c1)C(=O)N1CCN(C(=O)O)CC1. The Hall–Kier alpha value is -4.61. The number of aromatic nitrogens is 3. The summed E-state index contributed by atoms with van der Waals surface area (Å²) in [5.74, 6) is 0.368. The smallest absolute Gasteiger partial charge is 0.407 e. The standard InChI is InChI=1S/C33H41N7O5/c1-33(2,31(42)37-12-14-38(15-13-37)32(43)44)45-29-16-28(19-34-20-29)39-11-3-4-25(22-39)30(41)40(27-9-10-27)21-23-5-7-24(8-6-23)26-17-35-36-18-26/h5-8,16-20,25,27H,3-4,9-15,21-22H2,1-2H3,(H,35,36)(H,43,44). The maximum absolute atomic E-state index is 13.9. The average molecular weight is 616 g/mol. The van der Waals surface area contributed by atoms with Crippen LogP contribution >= 0.6 is 0 Å². The van der Waals surface area contributed by atoms with Crippen LogP contribution in [-0.4, -0.2) is 104 Å². The van der Waals surface area contributed by atoms with Gasteiger partial charge in [-0.2, -0.15) is 5.10 Å². The van der Waals surface area contributed by atoms with Crippen LogP contribution in [0.1, 0.15) is 45.1 Å². The van der Waals surface area contributed by atoms with Crippen molar-refractivity contribution in [2.75, 3.05) is 44.2 Å². The van der Waals surface area contributed by atoms with Gasteiger partial charge >= 0.3 is 6.09 Å². The van der Waals surface area contributed by atoms with Crippen LogP contribution in [0.2, 0.25) is 0 Å². The molecule has 4 heterocycles. The van der Waals surface area contributed by atoms with E-state index >= 15 is 0 Å². The largest absolute Gasteiger partial charge is 0.476 e. The van der Waals surface area contributed by atoms with Crippen molar-refractivity contribution in [3.05, 3.63) is 60.7 Å². The normalized spacial score (nSPS) is 18.9. The molecule has 238 valence electrons. The van der Waals surface area contributed by atoms with Crippen molar-refractivity contribution < 1.29 is 24.2 Å². The number of amides is 3. The number of H-pyrrole nitrogens is 1. The lowest BCUT2D eigenvalue weighted by molar-refractivity contribution is -0.147. The molecule has 0 bridgehead atoms. The van der Waals surface area contributed by atoms with Crippen LogP contribution in [-0.2, 0) is 16.1 Å². The van der Waals surface area contributed by atoms with Crippen molar-refractivity contribution in [2.24, 2.45) is 5.92 Å². The van der Waals surface area contributed by atoms with Crippen LogP contribution in [0.15, 0.2) is 55.1 Å². The molecule has 0 radical (unpaired) electrons. The van der Waals surface area contributed by atoms with E-state index in [0.717, 1.165) is 54.6 Å². The second kappa shape index (κ2) is 12.8. The lowest BCUT2D eigenvalue weighted by Crippen LogP contribution is -2.56. The van der Waals surface area contributed by atoms with Crippen molar-refractivity contribution in [3.8, 4) is 16.9 Å². The van der Waals surface area contributed by atoms with Gasteiger partial charge in [0.2, 0.25) is 5.91 Å². The van der Waals surface area contributed by atoms with E-state index in [4.69, 9.17) is 4.74 Å². The van der Waals surface area contributed by atoms with Crippen LogP contribution in [0.25, 0.3) is 11.1 Å². The lowest BCUT2D eigenvalue weighted by Gasteiger charge is -2.38. The summed E-state index contributed by atoms with van der Waals surface area (Å²) in [6, 6.07) is 10.5. The molecule has 2 saturated heterocycles. The zero-order valence-electron chi connectivity index (χ0n) is 25.9. The number of nitrogens with one attached hydrogen (secondary N) is 1. The monoisotopic (exact) mass is 615 g/mol. The van der Waals surface area contributed by atoms with E-state index < -0.39 is 11.7 Å². The summed E-state index contributed by atoms with van der Waals surface area (Å²) < 4.78 is 6.18. The molecule has 1 aromatic carbocycles. The number of piperazine rings is 1. The Bertz CT molecular complexity index is 1500. The van der Waals surface area contributed by atoms with Crippen LogP contribution in [0.3, 0.4) is 0 Å². The third-order valence-corrected chi connectivity index (χ3v) is 8.97. The number of carbonyl (C=O) groups excluding carboxylic acids is 2. The number of pyridine rings is 1. The predicted molar refractivity (Wildman–Crippen MR) is 168 cm³/mol. The molecule has 2 N–H and O–H groups in total. The van der Waals surface area contributed by atoms with Gasteiger partial charge in [0.25, 0.3) is 5.91 Å². The maximum Gasteiger partial charge on any atom is 0.407 e. The van der Waals surface area contributed by atoms with Crippen molar-refractivity contribution >= 4 is 23.6 Å². The molecule has 1 unspecified atom stereocenters. The quantitative estimate of drug-likeness (QED) is 0.371. The first kappa shape index (κ1) is 30.4. The molecule has 3 aromatic rings. The highest BCUT2D eigenvalue weighted by atomic mass is 16.5. The predicted octanol–water partition coefficient (Wildman–Crippen LogP) is 3.86. The van der Waals surface area contributed by atoms with Gasteiger partial charge in [-0.1, -0.05) is 24.3 Å². The fourth-order valence-corrected chi connectivity index (χ4v) is 6.28. The molecule has 1 atom stereocenters. The van der Waals surface area contributed by atoms with E-state index in [-0.39, 0.29) is 30.8 Å². The Labute approximate surface area is 263 Å². The number of nitrogens with zero attached hydrogens (tertiary/aromatic N) is 6. The number of rotatable bonds is 9. The van der Waals surface area contributed by atoms with Gasteiger partial charge in [-0.15, -0.1) is 0 Å². The highest BCUT2D eigenvalue weighted by molar-refractivity contribution is 5.85. The van der Waals surface area contributed by atoms with Crippen molar-refractivity contribution in [1.82, 2.24) is 29.9 Å². The fraction of sp³-hybridized carbons (Fsp3) is 0.485. The molecule has 2 aliphatic heterocycles. The van der Waals surface area contributed by atoms with Crippen molar-refractivity contribution in [2.45, 2.75) is 57.7 Å². The van der Waals surface area contributed by atoms with Gasteiger partial charge in [-0.25, -0.2) is 4.79 Å². The summed E-state index contributed by atoms with van der Waals surface area (Å²) in [6.45, 7) is 6.66. The van der Waals surface area contributed by atoms with Gasteiger partial charge in [-0.3, -0.25) is 19.7 Å². The van der Waals surface area contributed by atoms with Crippen LogP contribution < -0.4 is 9.64 Å². The van der Waals surface area contributed by atoms with Crippen LogP contribution in [0, 0.1) is 5.92 Å². The number of hydrogen-bond donors (Lipinski definition) is 2. The maximum atomic E-state index is 13.9. The molecule has 6 rings (SSSR count). The van der Waals surface area contributed by atoms with E-state index in [0.29, 0.717) is 38.0 Å². The zero-order chi connectivity index (χ0) is 31.6. The Morgan fingerprint density at radius 2 is 1.71 bits per heavy atom. The van der Waals surface area contributed by atoms with Crippen molar-refractivity contribution in [3.63, 3.8) is 0 Å². The Balaban J connectivity index is 1.08. The third-order valence-electron chi connectivity index (χ3n) is 8.97. The molecule has 2 aromatic heterocycles. The Kier molecular flexibility index (Phi) is 8.64.